The second-order valence-electron chi connectivity index (χ2n) is 5.22. The highest BCUT2D eigenvalue weighted by molar-refractivity contribution is 7.89. The molecule has 1 aromatic heterocycles. The molecule has 0 aliphatic carbocycles. The first-order valence-corrected chi connectivity index (χ1v) is 9.56. The molecule has 0 saturated carbocycles. The number of hydrogen-bond acceptors (Lipinski definition) is 3. The summed E-state index contributed by atoms with van der Waals surface area (Å²) in [5.41, 5.74) is -0.218. The highest BCUT2D eigenvalue weighted by Gasteiger charge is 2.35. The van der Waals surface area contributed by atoms with Crippen LogP contribution in [0, 0.1) is 0 Å². The standard InChI is InChI=1S/C16H12F3N3O2S.C2H6/c17-16(18,19)14-10-22(15(21-14)11-4-2-1-3-5-11)12-6-8-13(9-7-12)25(20,23)24;1-2/h1-10H,(H2,20,23,24);1-2H3. The Balaban J connectivity index is 0.00000126. The lowest BCUT2D eigenvalue weighted by Gasteiger charge is -2.08. The first kappa shape index (κ1) is 20.7. The molecule has 0 fully saturated rings. The van der Waals surface area contributed by atoms with E-state index in [9.17, 15) is 21.6 Å². The van der Waals surface area contributed by atoms with E-state index in [0.29, 0.717) is 11.3 Å². The molecule has 0 saturated heterocycles. The summed E-state index contributed by atoms with van der Waals surface area (Å²) < 4.78 is 63.1. The van der Waals surface area contributed by atoms with Crippen molar-refractivity contribution < 1.29 is 21.6 Å². The van der Waals surface area contributed by atoms with E-state index in [0.717, 1.165) is 6.20 Å². The molecule has 0 bridgehead atoms. The molecule has 0 radical (unpaired) electrons. The van der Waals surface area contributed by atoms with Crippen LogP contribution in [0.4, 0.5) is 13.2 Å². The van der Waals surface area contributed by atoms with E-state index < -0.39 is 21.9 Å². The summed E-state index contributed by atoms with van der Waals surface area (Å²) in [4.78, 5) is 3.56. The van der Waals surface area contributed by atoms with Crippen molar-refractivity contribution in [3.05, 3.63) is 66.5 Å². The third-order valence-corrected chi connectivity index (χ3v) is 4.40. The van der Waals surface area contributed by atoms with Gasteiger partial charge < -0.3 is 0 Å². The van der Waals surface area contributed by atoms with Crippen molar-refractivity contribution in [3.63, 3.8) is 0 Å². The molecule has 144 valence electrons. The number of rotatable bonds is 3. The van der Waals surface area contributed by atoms with E-state index in [1.54, 1.807) is 30.3 Å². The maximum Gasteiger partial charge on any atom is 0.434 e. The van der Waals surface area contributed by atoms with Crippen molar-refractivity contribution in [1.82, 2.24) is 9.55 Å². The summed E-state index contributed by atoms with van der Waals surface area (Å²) >= 11 is 0. The number of nitrogens with zero attached hydrogens (tertiary/aromatic N) is 2. The van der Waals surface area contributed by atoms with Gasteiger partial charge in [-0.25, -0.2) is 18.5 Å². The van der Waals surface area contributed by atoms with Crippen molar-refractivity contribution in [2.45, 2.75) is 24.9 Å². The molecule has 9 heteroatoms. The topological polar surface area (TPSA) is 78.0 Å². The van der Waals surface area contributed by atoms with Gasteiger partial charge in [0.15, 0.2) is 5.69 Å². The number of aromatic nitrogens is 2. The number of nitrogens with two attached hydrogens (primary N) is 1. The van der Waals surface area contributed by atoms with Crippen LogP contribution in [0.25, 0.3) is 17.1 Å². The minimum atomic E-state index is -4.60. The van der Waals surface area contributed by atoms with Gasteiger partial charge in [-0.05, 0) is 24.3 Å². The molecule has 0 aliphatic rings. The quantitative estimate of drug-likeness (QED) is 0.718. The van der Waals surface area contributed by atoms with Crippen molar-refractivity contribution in [2.24, 2.45) is 5.14 Å². The van der Waals surface area contributed by atoms with Crippen LogP contribution >= 0.6 is 0 Å². The second-order valence-corrected chi connectivity index (χ2v) is 6.78. The number of imidazole rings is 1. The maximum atomic E-state index is 13.1. The molecule has 3 rings (SSSR count). The number of hydrogen-bond donors (Lipinski definition) is 1. The Kier molecular flexibility index (Phi) is 6.07. The molecule has 5 nitrogen and oxygen atoms in total. The smallest absolute Gasteiger partial charge is 0.299 e. The van der Waals surface area contributed by atoms with E-state index in [2.05, 4.69) is 4.98 Å². The van der Waals surface area contributed by atoms with Gasteiger partial charge in [-0.2, -0.15) is 13.2 Å². The van der Waals surface area contributed by atoms with Crippen LogP contribution in [-0.2, 0) is 16.2 Å². The summed E-state index contributed by atoms with van der Waals surface area (Å²) in [5.74, 6) is 0.0938. The van der Waals surface area contributed by atoms with Crippen molar-refractivity contribution in [1.29, 1.82) is 0 Å². The van der Waals surface area contributed by atoms with Crippen LogP contribution in [-0.4, -0.2) is 18.0 Å². The Morgan fingerprint density at radius 2 is 1.52 bits per heavy atom. The van der Waals surface area contributed by atoms with Gasteiger partial charge in [-0.3, -0.25) is 4.57 Å². The van der Waals surface area contributed by atoms with E-state index in [1.165, 1.54) is 28.8 Å². The normalized spacial score (nSPS) is 11.6. The van der Waals surface area contributed by atoms with Gasteiger partial charge in [0.05, 0.1) is 4.90 Å². The predicted molar refractivity (Wildman–Crippen MR) is 96.7 cm³/mol. The van der Waals surface area contributed by atoms with Crippen molar-refractivity contribution in [3.8, 4) is 17.1 Å². The fourth-order valence-electron chi connectivity index (χ4n) is 2.30. The second kappa shape index (κ2) is 7.93. The van der Waals surface area contributed by atoms with Gasteiger partial charge in [0.25, 0.3) is 0 Å². The predicted octanol–water partition coefficient (Wildman–Crippen LogP) is 4.23. The van der Waals surface area contributed by atoms with Crippen LogP contribution in [0.5, 0.6) is 0 Å². The highest BCUT2D eigenvalue weighted by atomic mass is 32.2. The molecule has 0 spiro atoms. The number of sulfonamides is 1. The minimum Gasteiger partial charge on any atom is -0.299 e. The summed E-state index contributed by atoms with van der Waals surface area (Å²) in [6.45, 7) is 4.00. The zero-order valence-corrected chi connectivity index (χ0v) is 15.4. The van der Waals surface area contributed by atoms with Gasteiger partial charge in [-0.1, -0.05) is 44.2 Å². The van der Waals surface area contributed by atoms with E-state index in [4.69, 9.17) is 5.14 Å². The summed E-state index contributed by atoms with van der Waals surface area (Å²) in [5, 5.41) is 5.03. The van der Waals surface area contributed by atoms with Gasteiger partial charge in [0.1, 0.15) is 5.82 Å². The SMILES string of the molecule is CC.NS(=O)(=O)c1ccc(-n2cc(C(F)(F)F)nc2-c2ccccc2)cc1. The lowest BCUT2D eigenvalue weighted by atomic mass is 10.2. The molecule has 0 aliphatic heterocycles. The third kappa shape index (κ3) is 4.75. The van der Waals surface area contributed by atoms with Crippen LogP contribution in [0.2, 0.25) is 0 Å². The fourth-order valence-corrected chi connectivity index (χ4v) is 2.82. The number of primary sulfonamides is 1. The Bertz CT molecular complexity index is 997. The first-order valence-electron chi connectivity index (χ1n) is 8.01. The Hall–Kier alpha value is -2.65. The Labute approximate surface area is 155 Å². The van der Waals surface area contributed by atoms with Crippen LogP contribution in [0.15, 0.2) is 65.7 Å². The first-order chi connectivity index (χ1) is 12.7. The van der Waals surface area contributed by atoms with E-state index in [-0.39, 0.29) is 10.7 Å². The van der Waals surface area contributed by atoms with E-state index in [1.807, 2.05) is 13.8 Å². The summed E-state index contributed by atoms with van der Waals surface area (Å²) in [7, 11) is -3.89. The largest absolute Gasteiger partial charge is 0.434 e. The van der Waals surface area contributed by atoms with Gasteiger partial charge >= 0.3 is 6.18 Å². The van der Waals surface area contributed by atoms with Gasteiger partial charge in [-0.15, -0.1) is 0 Å². The monoisotopic (exact) mass is 397 g/mol. The lowest BCUT2D eigenvalue weighted by molar-refractivity contribution is -0.140. The average molecular weight is 397 g/mol. The molecule has 1 heterocycles. The zero-order valence-electron chi connectivity index (χ0n) is 14.6. The van der Waals surface area contributed by atoms with Crippen molar-refractivity contribution >= 4 is 10.0 Å². The average Bonchev–Trinajstić information content (AvgIpc) is 3.09. The molecule has 0 amide bonds. The molecule has 3 aromatic rings. The molecule has 27 heavy (non-hydrogen) atoms. The molecule has 2 aromatic carbocycles. The maximum absolute atomic E-state index is 13.1. The molecular weight excluding hydrogens is 379 g/mol. The van der Waals surface area contributed by atoms with Gasteiger partial charge in [0, 0.05) is 17.4 Å². The van der Waals surface area contributed by atoms with Crippen molar-refractivity contribution in [2.75, 3.05) is 0 Å². The lowest BCUT2D eigenvalue weighted by Crippen LogP contribution is -2.12. The molecule has 0 atom stereocenters. The van der Waals surface area contributed by atoms with Gasteiger partial charge in [0.2, 0.25) is 10.0 Å². The minimum absolute atomic E-state index is 0.0938. The third-order valence-electron chi connectivity index (χ3n) is 3.47. The Morgan fingerprint density at radius 3 is 2.00 bits per heavy atom. The summed E-state index contributed by atoms with van der Waals surface area (Å²) in [6, 6.07) is 13.6. The number of halogens is 3. The Morgan fingerprint density at radius 1 is 0.963 bits per heavy atom. The fraction of sp³-hybridized carbons (Fsp3) is 0.167. The van der Waals surface area contributed by atoms with Crippen LogP contribution in [0.1, 0.15) is 19.5 Å². The molecular formula is C18H18F3N3O2S. The van der Waals surface area contributed by atoms with Crippen LogP contribution in [0.3, 0.4) is 0 Å². The number of benzene rings is 2. The highest BCUT2D eigenvalue weighted by Crippen LogP contribution is 2.32. The molecule has 2 N–H and O–H groups in total. The summed E-state index contributed by atoms with van der Waals surface area (Å²) in [6.07, 6.45) is -3.73. The zero-order chi connectivity index (χ0) is 20.2. The molecule has 0 unspecified atom stereocenters. The van der Waals surface area contributed by atoms with E-state index >= 15 is 0 Å². The number of alkyl halides is 3. The van der Waals surface area contributed by atoms with Crippen LogP contribution < -0.4 is 5.14 Å².